The molecular formula is C6H12N2O2. The van der Waals surface area contributed by atoms with Gasteiger partial charge in [0.2, 0.25) is 5.91 Å². The van der Waals surface area contributed by atoms with E-state index in [1.807, 2.05) is 0 Å². The quantitative estimate of drug-likeness (QED) is 0.514. The number of hydrogen-bond acceptors (Lipinski definition) is 3. The van der Waals surface area contributed by atoms with Crippen LogP contribution in [0.4, 0.5) is 0 Å². The predicted molar refractivity (Wildman–Crippen MR) is 36.4 cm³/mol. The maximum absolute atomic E-state index is 10.4. The SMILES string of the molecule is NC(=O)C[C@H]1CNCCO1. The fourth-order valence-corrected chi connectivity index (χ4v) is 0.975. The molecule has 0 unspecified atom stereocenters. The zero-order chi connectivity index (χ0) is 7.40. The van der Waals surface area contributed by atoms with Gasteiger partial charge in [0.25, 0.3) is 0 Å². The highest BCUT2D eigenvalue weighted by atomic mass is 16.5. The van der Waals surface area contributed by atoms with Gasteiger partial charge in [-0.3, -0.25) is 4.79 Å². The number of amides is 1. The highest BCUT2D eigenvalue weighted by Crippen LogP contribution is 1.99. The number of rotatable bonds is 2. The molecule has 1 saturated heterocycles. The molecule has 1 aliphatic rings. The van der Waals surface area contributed by atoms with Crippen LogP contribution in [-0.2, 0) is 9.53 Å². The number of carbonyl (C=O) groups is 1. The normalized spacial score (nSPS) is 26.2. The number of morpholine rings is 1. The Balaban J connectivity index is 2.19. The van der Waals surface area contributed by atoms with Crippen LogP contribution in [0.2, 0.25) is 0 Å². The minimum Gasteiger partial charge on any atom is -0.375 e. The first-order valence-corrected chi connectivity index (χ1v) is 3.39. The molecule has 0 aromatic rings. The Morgan fingerprint density at radius 3 is 3.10 bits per heavy atom. The van der Waals surface area contributed by atoms with Crippen LogP contribution >= 0.6 is 0 Å². The summed E-state index contributed by atoms with van der Waals surface area (Å²) in [7, 11) is 0. The van der Waals surface area contributed by atoms with E-state index in [9.17, 15) is 4.79 Å². The molecule has 0 radical (unpaired) electrons. The van der Waals surface area contributed by atoms with Crippen LogP contribution < -0.4 is 11.1 Å². The maximum Gasteiger partial charge on any atom is 0.220 e. The molecule has 10 heavy (non-hydrogen) atoms. The molecule has 4 heteroatoms. The summed E-state index contributed by atoms with van der Waals surface area (Å²) in [4.78, 5) is 10.4. The Morgan fingerprint density at radius 1 is 1.80 bits per heavy atom. The molecule has 1 heterocycles. The minimum absolute atomic E-state index is 0.00810. The molecule has 1 fully saturated rings. The van der Waals surface area contributed by atoms with Crippen molar-refractivity contribution >= 4 is 5.91 Å². The fourth-order valence-electron chi connectivity index (χ4n) is 0.975. The van der Waals surface area contributed by atoms with Crippen LogP contribution in [0.1, 0.15) is 6.42 Å². The van der Waals surface area contributed by atoms with Crippen molar-refractivity contribution < 1.29 is 9.53 Å². The second kappa shape index (κ2) is 3.53. The number of nitrogens with two attached hydrogens (primary N) is 1. The zero-order valence-corrected chi connectivity index (χ0v) is 5.80. The molecule has 4 nitrogen and oxygen atoms in total. The van der Waals surface area contributed by atoms with E-state index < -0.39 is 0 Å². The van der Waals surface area contributed by atoms with Crippen molar-refractivity contribution in [3.63, 3.8) is 0 Å². The Labute approximate surface area is 59.7 Å². The van der Waals surface area contributed by atoms with Gasteiger partial charge in [-0.15, -0.1) is 0 Å². The van der Waals surface area contributed by atoms with E-state index in [4.69, 9.17) is 10.5 Å². The first-order chi connectivity index (χ1) is 4.79. The zero-order valence-electron chi connectivity index (χ0n) is 5.80. The Kier molecular flexibility index (Phi) is 2.65. The Morgan fingerprint density at radius 2 is 2.60 bits per heavy atom. The van der Waals surface area contributed by atoms with Crippen LogP contribution in [-0.4, -0.2) is 31.7 Å². The third-order valence-electron chi connectivity index (χ3n) is 1.43. The number of carbonyl (C=O) groups excluding carboxylic acids is 1. The lowest BCUT2D eigenvalue weighted by Crippen LogP contribution is -2.40. The average molecular weight is 144 g/mol. The van der Waals surface area contributed by atoms with Gasteiger partial charge >= 0.3 is 0 Å². The van der Waals surface area contributed by atoms with Crippen molar-refractivity contribution in [3.05, 3.63) is 0 Å². The van der Waals surface area contributed by atoms with E-state index in [0.717, 1.165) is 13.1 Å². The number of nitrogens with one attached hydrogen (secondary N) is 1. The molecular weight excluding hydrogens is 132 g/mol. The lowest BCUT2D eigenvalue weighted by Gasteiger charge is -2.22. The maximum atomic E-state index is 10.4. The summed E-state index contributed by atoms with van der Waals surface area (Å²) in [6, 6.07) is 0. The Bertz CT molecular complexity index is 121. The highest BCUT2D eigenvalue weighted by Gasteiger charge is 2.14. The summed E-state index contributed by atoms with van der Waals surface area (Å²) in [5, 5.41) is 3.11. The molecule has 0 bridgehead atoms. The molecule has 3 N–H and O–H groups in total. The smallest absolute Gasteiger partial charge is 0.220 e. The van der Waals surface area contributed by atoms with Gasteiger partial charge in [0.1, 0.15) is 0 Å². The molecule has 0 aromatic carbocycles. The first kappa shape index (κ1) is 7.50. The predicted octanol–water partition coefficient (Wildman–Crippen LogP) is -1.15. The molecule has 58 valence electrons. The second-order valence-corrected chi connectivity index (χ2v) is 2.37. The molecule has 1 aliphatic heterocycles. The van der Waals surface area contributed by atoms with Gasteiger partial charge in [-0.1, -0.05) is 0 Å². The van der Waals surface area contributed by atoms with Gasteiger partial charge in [0, 0.05) is 13.1 Å². The van der Waals surface area contributed by atoms with Crippen molar-refractivity contribution in [3.8, 4) is 0 Å². The summed E-state index contributed by atoms with van der Waals surface area (Å²) in [6.45, 7) is 2.29. The minimum atomic E-state index is -0.297. The standard InChI is InChI=1S/C6H12N2O2/c7-6(9)3-5-4-8-1-2-10-5/h5,8H,1-4H2,(H2,7,9)/t5-/m0/s1. The molecule has 1 rings (SSSR count). The van der Waals surface area contributed by atoms with Gasteiger partial charge < -0.3 is 15.8 Å². The Hall–Kier alpha value is -0.610. The van der Waals surface area contributed by atoms with Crippen molar-refractivity contribution in [1.29, 1.82) is 0 Å². The molecule has 0 aromatic heterocycles. The lowest BCUT2D eigenvalue weighted by molar-refractivity contribution is -0.121. The van der Waals surface area contributed by atoms with Gasteiger partial charge in [0.05, 0.1) is 19.1 Å². The monoisotopic (exact) mass is 144 g/mol. The fraction of sp³-hybridized carbons (Fsp3) is 0.833. The van der Waals surface area contributed by atoms with E-state index in [1.54, 1.807) is 0 Å². The second-order valence-electron chi connectivity index (χ2n) is 2.37. The van der Waals surface area contributed by atoms with E-state index in [1.165, 1.54) is 0 Å². The highest BCUT2D eigenvalue weighted by molar-refractivity contribution is 5.74. The molecule has 1 atom stereocenters. The van der Waals surface area contributed by atoms with E-state index in [2.05, 4.69) is 5.32 Å². The van der Waals surface area contributed by atoms with Crippen molar-refractivity contribution in [2.24, 2.45) is 5.73 Å². The third kappa shape index (κ3) is 2.33. The third-order valence-corrected chi connectivity index (χ3v) is 1.43. The summed E-state index contributed by atoms with van der Waals surface area (Å²) < 4.78 is 5.23. The van der Waals surface area contributed by atoms with Gasteiger partial charge in [-0.05, 0) is 0 Å². The van der Waals surface area contributed by atoms with E-state index >= 15 is 0 Å². The van der Waals surface area contributed by atoms with Gasteiger partial charge in [-0.2, -0.15) is 0 Å². The van der Waals surface area contributed by atoms with E-state index in [0.29, 0.717) is 13.0 Å². The van der Waals surface area contributed by atoms with Gasteiger partial charge in [0.15, 0.2) is 0 Å². The van der Waals surface area contributed by atoms with Crippen molar-refractivity contribution in [2.45, 2.75) is 12.5 Å². The summed E-state index contributed by atoms with van der Waals surface area (Å²) >= 11 is 0. The first-order valence-electron chi connectivity index (χ1n) is 3.39. The molecule has 0 aliphatic carbocycles. The van der Waals surface area contributed by atoms with E-state index in [-0.39, 0.29) is 12.0 Å². The van der Waals surface area contributed by atoms with Crippen LogP contribution in [0.25, 0.3) is 0 Å². The lowest BCUT2D eigenvalue weighted by atomic mass is 10.2. The van der Waals surface area contributed by atoms with Crippen molar-refractivity contribution in [2.75, 3.05) is 19.7 Å². The average Bonchev–Trinajstić information content (AvgIpc) is 1.88. The van der Waals surface area contributed by atoms with Crippen LogP contribution in [0, 0.1) is 0 Å². The molecule has 0 saturated carbocycles. The summed E-state index contributed by atoms with van der Waals surface area (Å²) in [5.74, 6) is -0.297. The van der Waals surface area contributed by atoms with Crippen LogP contribution in [0.3, 0.4) is 0 Å². The largest absolute Gasteiger partial charge is 0.375 e. The number of hydrogen-bond donors (Lipinski definition) is 2. The van der Waals surface area contributed by atoms with Crippen LogP contribution in [0.15, 0.2) is 0 Å². The van der Waals surface area contributed by atoms with Crippen molar-refractivity contribution in [1.82, 2.24) is 5.32 Å². The molecule has 0 spiro atoms. The topological polar surface area (TPSA) is 64.4 Å². The van der Waals surface area contributed by atoms with Crippen LogP contribution in [0.5, 0.6) is 0 Å². The number of primary amides is 1. The van der Waals surface area contributed by atoms with Gasteiger partial charge in [-0.25, -0.2) is 0 Å². The number of ether oxygens (including phenoxy) is 1. The summed E-state index contributed by atoms with van der Waals surface area (Å²) in [6.07, 6.45) is 0.318. The summed E-state index contributed by atoms with van der Waals surface area (Å²) in [5.41, 5.74) is 4.98. The molecule has 1 amide bonds.